The Morgan fingerprint density at radius 3 is 2.32 bits per heavy atom. The first-order chi connectivity index (χ1) is 9.15. The van der Waals surface area contributed by atoms with Gasteiger partial charge in [-0.2, -0.15) is 5.26 Å². The van der Waals surface area contributed by atoms with Crippen LogP contribution in [-0.4, -0.2) is 11.8 Å². The van der Waals surface area contributed by atoms with Crippen LogP contribution in [0, 0.1) is 11.3 Å². The highest BCUT2D eigenvalue weighted by Gasteiger charge is 2.02. The molecule has 0 saturated heterocycles. The second-order valence-electron chi connectivity index (χ2n) is 3.76. The van der Waals surface area contributed by atoms with E-state index >= 15 is 0 Å². The van der Waals surface area contributed by atoms with Crippen LogP contribution in [0.3, 0.4) is 0 Å². The van der Waals surface area contributed by atoms with Crippen molar-refractivity contribution in [1.29, 1.82) is 5.26 Å². The van der Waals surface area contributed by atoms with Crippen LogP contribution in [0.25, 0.3) is 0 Å². The molecule has 0 bridgehead atoms. The molecule has 0 unspecified atom stereocenters. The van der Waals surface area contributed by atoms with Crippen LogP contribution in [0.15, 0.2) is 36.4 Å². The maximum Gasteiger partial charge on any atom is 0.248 e. The molecule has 0 aliphatic carbocycles. The fourth-order valence-electron chi connectivity index (χ4n) is 1.32. The Balaban J connectivity index is 2.57. The molecule has 0 radical (unpaired) electrons. The zero-order valence-corrected chi connectivity index (χ0v) is 10.6. The number of benzene rings is 1. The lowest BCUT2D eigenvalue weighted by atomic mass is 10.2. The molecule has 5 heteroatoms. The van der Waals surface area contributed by atoms with Gasteiger partial charge in [-0.05, 0) is 36.8 Å². The number of allylic oxidation sites excluding steroid dienone is 1. The molecule has 2 N–H and O–H groups in total. The Morgan fingerprint density at radius 2 is 1.79 bits per heavy atom. The summed E-state index contributed by atoms with van der Waals surface area (Å²) in [6, 6.07) is 8.45. The van der Waals surface area contributed by atoms with E-state index < -0.39 is 0 Å². The number of nitrogens with zero attached hydrogens (tertiary/aromatic N) is 1. The molecule has 0 spiro atoms. The third-order valence-electron chi connectivity index (χ3n) is 2.18. The van der Waals surface area contributed by atoms with Crippen LogP contribution in [0.2, 0.25) is 0 Å². The second-order valence-corrected chi connectivity index (χ2v) is 3.76. The molecule has 1 aromatic rings. The summed E-state index contributed by atoms with van der Waals surface area (Å²) in [5.74, 6) is -0.548. The number of carbonyl (C=O) groups excluding carboxylic acids is 2. The lowest BCUT2D eigenvalue weighted by Gasteiger charge is -2.05. The number of hydrogen-bond acceptors (Lipinski definition) is 3. The van der Waals surface area contributed by atoms with Gasteiger partial charge in [-0.25, -0.2) is 0 Å². The Morgan fingerprint density at radius 1 is 1.21 bits per heavy atom. The van der Waals surface area contributed by atoms with E-state index in [0.717, 1.165) is 6.42 Å². The molecule has 1 aromatic carbocycles. The van der Waals surface area contributed by atoms with E-state index in [1.165, 1.54) is 6.08 Å². The van der Waals surface area contributed by atoms with Crippen molar-refractivity contribution in [3.63, 3.8) is 0 Å². The molecule has 0 aliphatic rings. The topological polar surface area (TPSA) is 82.0 Å². The number of rotatable bonds is 5. The van der Waals surface area contributed by atoms with E-state index in [4.69, 9.17) is 5.26 Å². The molecule has 0 aromatic heterocycles. The first-order valence-corrected chi connectivity index (χ1v) is 5.90. The Bertz CT molecular complexity index is 512. The molecule has 0 aliphatic heterocycles. The maximum atomic E-state index is 11.4. The summed E-state index contributed by atoms with van der Waals surface area (Å²) in [5.41, 5.74) is 1.23. The molecule has 0 atom stereocenters. The fraction of sp³-hybridized carbons (Fsp3) is 0.214. The summed E-state index contributed by atoms with van der Waals surface area (Å²) in [4.78, 5) is 22.6. The molecular weight excluding hydrogens is 242 g/mol. The molecule has 0 saturated carbocycles. The van der Waals surface area contributed by atoms with Crippen molar-refractivity contribution >= 4 is 23.2 Å². The van der Waals surface area contributed by atoms with Crippen LogP contribution in [0.1, 0.15) is 19.8 Å². The molecule has 19 heavy (non-hydrogen) atoms. The number of nitriles is 1. The van der Waals surface area contributed by atoms with E-state index in [-0.39, 0.29) is 18.2 Å². The van der Waals surface area contributed by atoms with Gasteiger partial charge in [0.15, 0.2) is 0 Å². The number of amides is 2. The highest BCUT2D eigenvalue weighted by atomic mass is 16.2. The van der Waals surface area contributed by atoms with Gasteiger partial charge in [0.2, 0.25) is 11.8 Å². The van der Waals surface area contributed by atoms with Gasteiger partial charge in [-0.1, -0.05) is 13.0 Å². The lowest BCUT2D eigenvalue weighted by Crippen LogP contribution is -2.10. The second kappa shape index (κ2) is 7.67. The van der Waals surface area contributed by atoms with Crippen molar-refractivity contribution < 1.29 is 9.59 Å². The van der Waals surface area contributed by atoms with Gasteiger partial charge in [0.25, 0.3) is 0 Å². The fourth-order valence-corrected chi connectivity index (χ4v) is 1.32. The summed E-state index contributed by atoms with van der Waals surface area (Å²) >= 11 is 0. The minimum absolute atomic E-state index is 0.180. The molecule has 0 heterocycles. The molecule has 5 nitrogen and oxygen atoms in total. The van der Waals surface area contributed by atoms with Crippen molar-refractivity contribution in [2.24, 2.45) is 0 Å². The van der Waals surface area contributed by atoms with Crippen molar-refractivity contribution in [2.75, 3.05) is 10.6 Å². The Kier molecular flexibility index (Phi) is 5.83. The highest BCUT2D eigenvalue weighted by Crippen LogP contribution is 2.13. The lowest BCUT2D eigenvalue weighted by molar-refractivity contribution is -0.115. The summed E-state index contributed by atoms with van der Waals surface area (Å²) in [5, 5.41) is 13.6. The van der Waals surface area contributed by atoms with Gasteiger partial charge in [0, 0.05) is 11.4 Å². The third kappa shape index (κ3) is 5.50. The minimum Gasteiger partial charge on any atom is -0.325 e. The van der Waals surface area contributed by atoms with Crippen LogP contribution < -0.4 is 10.6 Å². The van der Waals surface area contributed by atoms with Gasteiger partial charge in [-0.3, -0.25) is 9.59 Å². The van der Waals surface area contributed by atoms with E-state index in [1.54, 1.807) is 36.4 Å². The predicted octanol–water partition coefficient (Wildman–Crippen LogP) is 2.44. The van der Waals surface area contributed by atoms with Gasteiger partial charge in [0.05, 0.1) is 6.07 Å². The molecule has 98 valence electrons. The minimum atomic E-state index is -0.356. The van der Waals surface area contributed by atoms with Crippen molar-refractivity contribution in [1.82, 2.24) is 0 Å². The summed E-state index contributed by atoms with van der Waals surface area (Å²) in [7, 11) is 0. The first kappa shape index (κ1) is 14.5. The Labute approximate surface area is 111 Å². The van der Waals surface area contributed by atoms with Gasteiger partial charge in [-0.15, -0.1) is 0 Å². The zero-order chi connectivity index (χ0) is 14.1. The van der Waals surface area contributed by atoms with Crippen molar-refractivity contribution in [2.45, 2.75) is 19.8 Å². The first-order valence-electron chi connectivity index (χ1n) is 5.90. The number of nitrogens with one attached hydrogen (secondary N) is 2. The maximum absolute atomic E-state index is 11.4. The summed E-state index contributed by atoms with van der Waals surface area (Å²) in [6.07, 6.45) is 3.87. The van der Waals surface area contributed by atoms with Crippen LogP contribution >= 0.6 is 0 Å². The molecular formula is C14H15N3O2. The zero-order valence-electron chi connectivity index (χ0n) is 10.6. The van der Waals surface area contributed by atoms with Crippen LogP contribution in [0.4, 0.5) is 11.4 Å². The average molecular weight is 257 g/mol. The van der Waals surface area contributed by atoms with Crippen LogP contribution in [0.5, 0.6) is 0 Å². The standard InChI is InChI=1S/C14H15N3O2/c1-2-3-4-13(18)16-11-5-7-12(8-6-11)17-14(19)9-10-15/h3-8H,2,9H2,1H3,(H,16,18)(H,17,19)/b4-3+. The quantitative estimate of drug-likeness (QED) is 0.795. The summed E-state index contributed by atoms with van der Waals surface area (Å²) < 4.78 is 0. The normalized spacial score (nSPS) is 9.89. The number of carbonyl (C=O) groups is 2. The highest BCUT2D eigenvalue weighted by molar-refractivity contribution is 5.99. The van der Waals surface area contributed by atoms with Crippen molar-refractivity contribution in [3.8, 4) is 6.07 Å². The third-order valence-corrected chi connectivity index (χ3v) is 2.18. The molecule has 1 rings (SSSR count). The largest absolute Gasteiger partial charge is 0.325 e. The molecule has 0 fully saturated rings. The Hall–Kier alpha value is -2.61. The average Bonchev–Trinajstić information content (AvgIpc) is 2.39. The number of anilines is 2. The van der Waals surface area contributed by atoms with E-state index in [0.29, 0.717) is 11.4 Å². The smallest absolute Gasteiger partial charge is 0.248 e. The van der Waals surface area contributed by atoms with E-state index in [1.807, 2.05) is 6.92 Å². The van der Waals surface area contributed by atoms with Crippen LogP contribution in [-0.2, 0) is 9.59 Å². The predicted molar refractivity (Wildman–Crippen MR) is 73.4 cm³/mol. The van der Waals surface area contributed by atoms with E-state index in [9.17, 15) is 9.59 Å². The van der Waals surface area contributed by atoms with Gasteiger partial charge in [0.1, 0.15) is 6.42 Å². The van der Waals surface area contributed by atoms with Gasteiger partial charge < -0.3 is 10.6 Å². The van der Waals surface area contributed by atoms with Crippen molar-refractivity contribution in [3.05, 3.63) is 36.4 Å². The van der Waals surface area contributed by atoms with Gasteiger partial charge >= 0.3 is 0 Å². The van der Waals surface area contributed by atoms with E-state index in [2.05, 4.69) is 10.6 Å². The summed E-state index contributed by atoms with van der Waals surface area (Å²) in [6.45, 7) is 1.95. The monoisotopic (exact) mass is 257 g/mol. The SMILES string of the molecule is CC/C=C/C(=O)Nc1ccc(NC(=O)CC#N)cc1. The molecule has 2 amide bonds. The number of hydrogen-bond donors (Lipinski definition) is 2.